The maximum Gasteiger partial charge on any atom is 0.274 e. The second-order valence-electron chi connectivity index (χ2n) is 6.64. The number of piperazine rings is 1. The van der Waals surface area contributed by atoms with E-state index in [1.807, 2.05) is 29.2 Å². The highest BCUT2D eigenvalue weighted by molar-refractivity contribution is 5.92. The Labute approximate surface area is 160 Å². The lowest BCUT2D eigenvalue weighted by atomic mass is 10.2. The highest BCUT2D eigenvalue weighted by Gasteiger charge is 2.22. The third-order valence-corrected chi connectivity index (χ3v) is 4.57. The molecule has 2 heterocycles. The summed E-state index contributed by atoms with van der Waals surface area (Å²) in [6, 6.07) is 13.9. The fourth-order valence-corrected chi connectivity index (χ4v) is 2.99. The Balaban J connectivity index is 1.45. The van der Waals surface area contributed by atoms with Crippen molar-refractivity contribution in [1.29, 1.82) is 0 Å². The van der Waals surface area contributed by atoms with Crippen LogP contribution in [0.3, 0.4) is 0 Å². The van der Waals surface area contributed by atoms with E-state index in [4.69, 9.17) is 0 Å². The monoisotopic (exact) mass is 365 g/mol. The summed E-state index contributed by atoms with van der Waals surface area (Å²) in [5.41, 5.74) is 1.62. The molecule has 6 nitrogen and oxygen atoms in total. The molecule has 1 amide bonds. The van der Waals surface area contributed by atoms with Crippen molar-refractivity contribution in [3.8, 4) is 0 Å². The average Bonchev–Trinajstić information content (AvgIpc) is 2.73. The van der Waals surface area contributed by atoms with Crippen LogP contribution in [0.15, 0.2) is 48.5 Å². The van der Waals surface area contributed by atoms with Crippen molar-refractivity contribution in [2.24, 2.45) is 0 Å². The molecule has 0 spiro atoms. The molecule has 1 N–H and O–H groups in total. The summed E-state index contributed by atoms with van der Waals surface area (Å²) in [7, 11) is 0. The molecule has 142 valence electrons. The number of carbonyl (C=O) groups excluding carboxylic acids is 1. The smallest absolute Gasteiger partial charge is 0.274 e. The van der Waals surface area contributed by atoms with Gasteiger partial charge >= 0.3 is 0 Å². The Hall–Kier alpha value is -2.73. The lowest BCUT2D eigenvalue weighted by Crippen LogP contribution is -2.48. The molecule has 2 aromatic rings. The Morgan fingerprint density at radius 3 is 2.52 bits per heavy atom. The van der Waals surface area contributed by atoms with Gasteiger partial charge < -0.3 is 10.2 Å². The van der Waals surface area contributed by atoms with Gasteiger partial charge in [0.1, 0.15) is 5.82 Å². The number of aromatic nitrogens is 2. The number of amides is 1. The fraction of sp³-hybridized carbons (Fsp3) is 0.381. The molecule has 1 aromatic heterocycles. The zero-order valence-corrected chi connectivity index (χ0v) is 15.8. The largest absolute Gasteiger partial charge is 0.369 e. The molecule has 6 heteroatoms. The van der Waals surface area contributed by atoms with Gasteiger partial charge in [-0.15, -0.1) is 10.2 Å². The lowest BCUT2D eigenvalue weighted by Gasteiger charge is -2.33. The normalized spacial score (nSPS) is 15.2. The highest BCUT2D eigenvalue weighted by atomic mass is 16.2. The molecule has 1 aliphatic heterocycles. The van der Waals surface area contributed by atoms with E-state index in [-0.39, 0.29) is 5.91 Å². The predicted octanol–water partition coefficient (Wildman–Crippen LogP) is 2.77. The first-order chi connectivity index (χ1) is 13.3. The van der Waals surface area contributed by atoms with Crippen LogP contribution in [0, 0.1) is 0 Å². The molecular weight excluding hydrogens is 338 g/mol. The second-order valence-corrected chi connectivity index (χ2v) is 6.64. The lowest BCUT2D eigenvalue weighted by molar-refractivity contribution is 0.0643. The van der Waals surface area contributed by atoms with Crippen LogP contribution in [0.1, 0.15) is 29.4 Å². The first kappa shape index (κ1) is 19.0. The number of rotatable bonds is 7. The van der Waals surface area contributed by atoms with Gasteiger partial charge in [-0.25, -0.2) is 0 Å². The second kappa shape index (κ2) is 9.83. The topological polar surface area (TPSA) is 61.4 Å². The van der Waals surface area contributed by atoms with Crippen molar-refractivity contribution in [2.75, 3.05) is 44.6 Å². The number of benzene rings is 1. The molecule has 3 rings (SSSR count). The van der Waals surface area contributed by atoms with E-state index in [9.17, 15) is 4.79 Å². The third-order valence-electron chi connectivity index (χ3n) is 4.57. The average molecular weight is 365 g/mol. The van der Waals surface area contributed by atoms with Gasteiger partial charge in [-0.05, 0) is 24.1 Å². The van der Waals surface area contributed by atoms with Gasteiger partial charge in [0.05, 0.1) is 0 Å². The number of hydrogen-bond donors (Lipinski definition) is 1. The van der Waals surface area contributed by atoms with Crippen LogP contribution >= 0.6 is 0 Å². The van der Waals surface area contributed by atoms with Crippen LogP contribution in [0.4, 0.5) is 5.82 Å². The van der Waals surface area contributed by atoms with E-state index >= 15 is 0 Å². The Morgan fingerprint density at radius 2 is 1.85 bits per heavy atom. The van der Waals surface area contributed by atoms with Crippen molar-refractivity contribution in [3.63, 3.8) is 0 Å². The van der Waals surface area contributed by atoms with Crippen LogP contribution in [0.2, 0.25) is 0 Å². The van der Waals surface area contributed by atoms with E-state index in [1.165, 1.54) is 5.56 Å². The molecule has 1 aliphatic rings. The third kappa shape index (κ3) is 5.62. The quantitative estimate of drug-likeness (QED) is 0.817. The Morgan fingerprint density at radius 1 is 1.07 bits per heavy atom. The SMILES string of the molecule is CCCNc1ccc(C(=O)N2CCN(C/C=C/c3ccccc3)CC2)nn1. The zero-order chi connectivity index (χ0) is 18.9. The number of nitrogens with one attached hydrogen (secondary N) is 1. The van der Waals surface area contributed by atoms with E-state index in [1.54, 1.807) is 6.07 Å². The van der Waals surface area contributed by atoms with E-state index in [0.29, 0.717) is 11.5 Å². The molecule has 27 heavy (non-hydrogen) atoms. The molecule has 0 aliphatic carbocycles. The van der Waals surface area contributed by atoms with Gasteiger partial charge in [0, 0.05) is 39.3 Å². The molecule has 0 atom stereocenters. The van der Waals surface area contributed by atoms with Gasteiger partial charge in [-0.1, -0.05) is 49.4 Å². The van der Waals surface area contributed by atoms with Crippen LogP contribution in [-0.4, -0.2) is 65.2 Å². The molecule has 1 saturated heterocycles. The van der Waals surface area contributed by atoms with Crippen molar-refractivity contribution in [3.05, 3.63) is 59.8 Å². The predicted molar refractivity (Wildman–Crippen MR) is 109 cm³/mol. The van der Waals surface area contributed by atoms with Gasteiger partial charge in [-0.3, -0.25) is 9.69 Å². The first-order valence-corrected chi connectivity index (χ1v) is 9.57. The van der Waals surface area contributed by atoms with Crippen molar-refractivity contribution in [2.45, 2.75) is 13.3 Å². The molecule has 1 aromatic carbocycles. The summed E-state index contributed by atoms with van der Waals surface area (Å²) in [5.74, 6) is 0.674. The Bertz CT molecular complexity index is 737. The fourth-order valence-electron chi connectivity index (χ4n) is 2.99. The minimum atomic E-state index is -0.0379. The van der Waals surface area contributed by atoms with Crippen molar-refractivity contribution < 1.29 is 4.79 Å². The van der Waals surface area contributed by atoms with E-state index in [2.05, 4.69) is 51.6 Å². The van der Waals surface area contributed by atoms with Crippen LogP contribution < -0.4 is 5.32 Å². The first-order valence-electron chi connectivity index (χ1n) is 9.57. The van der Waals surface area contributed by atoms with Crippen LogP contribution in [-0.2, 0) is 0 Å². The number of nitrogens with zero attached hydrogens (tertiary/aromatic N) is 4. The number of anilines is 1. The molecular formula is C21H27N5O. The van der Waals surface area contributed by atoms with Crippen LogP contribution in [0.5, 0.6) is 0 Å². The molecule has 0 unspecified atom stereocenters. The Kier molecular flexibility index (Phi) is 6.93. The highest BCUT2D eigenvalue weighted by Crippen LogP contribution is 2.09. The minimum absolute atomic E-state index is 0.0379. The van der Waals surface area contributed by atoms with E-state index in [0.717, 1.165) is 45.7 Å². The minimum Gasteiger partial charge on any atom is -0.369 e. The van der Waals surface area contributed by atoms with Crippen molar-refractivity contribution >= 4 is 17.8 Å². The number of carbonyl (C=O) groups is 1. The maximum atomic E-state index is 12.6. The molecule has 0 radical (unpaired) electrons. The molecule has 0 bridgehead atoms. The zero-order valence-electron chi connectivity index (χ0n) is 15.8. The standard InChI is InChI=1S/C21H27N5O/c1-2-12-22-20-11-10-19(23-24-20)21(27)26-16-14-25(15-17-26)13-6-9-18-7-4-3-5-8-18/h3-11H,2,12-17H2,1H3,(H,22,24)/b9-6+. The van der Waals surface area contributed by atoms with Gasteiger partial charge in [0.2, 0.25) is 0 Å². The summed E-state index contributed by atoms with van der Waals surface area (Å²) in [6.45, 7) is 7.01. The van der Waals surface area contributed by atoms with Gasteiger partial charge in [-0.2, -0.15) is 0 Å². The molecule has 0 saturated carbocycles. The summed E-state index contributed by atoms with van der Waals surface area (Å²) in [5, 5.41) is 11.3. The van der Waals surface area contributed by atoms with Gasteiger partial charge in [0.15, 0.2) is 5.69 Å². The van der Waals surface area contributed by atoms with Crippen molar-refractivity contribution in [1.82, 2.24) is 20.0 Å². The van der Waals surface area contributed by atoms with Gasteiger partial charge in [0.25, 0.3) is 5.91 Å². The number of hydrogen-bond acceptors (Lipinski definition) is 5. The maximum absolute atomic E-state index is 12.6. The van der Waals surface area contributed by atoms with E-state index < -0.39 is 0 Å². The summed E-state index contributed by atoms with van der Waals surface area (Å²) >= 11 is 0. The summed E-state index contributed by atoms with van der Waals surface area (Å²) < 4.78 is 0. The summed E-state index contributed by atoms with van der Waals surface area (Å²) in [6.07, 6.45) is 5.34. The van der Waals surface area contributed by atoms with Crippen LogP contribution in [0.25, 0.3) is 6.08 Å². The summed E-state index contributed by atoms with van der Waals surface area (Å²) in [4.78, 5) is 16.8. The molecule has 1 fully saturated rings.